The Kier molecular flexibility index (Phi) is 4.87. The lowest BCUT2D eigenvalue weighted by Crippen LogP contribution is -2.58. The standard InChI is InChI=1S/C18H30N2/c1-14(2)17-9-7-16(8-10-17)12-18(4,19)20-11-5-6-15(3)13-20/h7-10,14-15H,5-6,11-13,19H2,1-4H3. The van der Waals surface area contributed by atoms with Crippen LogP contribution in [-0.4, -0.2) is 23.7 Å². The predicted octanol–water partition coefficient (Wildman–Crippen LogP) is 3.76. The molecule has 1 saturated heterocycles. The van der Waals surface area contributed by atoms with E-state index in [1.165, 1.54) is 24.0 Å². The number of nitrogens with zero attached hydrogens (tertiary/aromatic N) is 1. The first-order chi connectivity index (χ1) is 9.38. The zero-order chi connectivity index (χ0) is 14.8. The molecule has 2 N–H and O–H groups in total. The minimum absolute atomic E-state index is 0.228. The van der Waals surface area contributed by atoms with Gasteiger partial charge in [-0.15, -0.1) is 0 Å². The van der Waals surface area contributed by atoms with Crippen molar-refractivity contribution in [3.63, 3.8) is 0 Å². The molecule has 2 heteroatoms. The second-order valence-corrected chi connectivity index (χ2v) is 7.12. The van der Waals surface area contributed by atoms with E-state index in [4.69, 9.17) is 5.73 Å². The molecule has 1 aliphatic heterocycles. The SMILES string of the molecule is CC1CCCN(C(C)(N)Cc2ccc(C(C)C)cc2)C1. The maximum absolute atomic E-state index is 6.61. The summed E-state index contributed by atoms with van der Waals surface area (Å²) in [5.74, 6) is 1.37. The summed E-state index contributed by atoms with van der Waals surface area (Å²) in [5.41, 5.74) is 9.13. The van der Waals surface area contributed by atoms with E-state index >= 15 is 0 Å². The van der Waals surface area contributed by atoms with Crippen molar-refractivity contribution < 1.29 is 0 Å². The molecule has 112 valence electrons. The van der Waals surface area contributed by atoms with Crippen molar-refractivity contribution in [3.8, 4) is 0 Å². The molecule has 1 aromatic carbocycles. The molecule has 0 aliphatic carbocycles. The first-order valence-corrected chi connectivity index (χ1v) is 8.01. The minimum Gasteiger partial charge on any atom is -0.313 e. The Morgan fingerprint density at radius 1 is 1.30 bits per heavy atom. The molecule has 20 heavy (non-hydrogen) atoms. The first kappa shape index (κ1) is 15.5. The molecule has 0 aromatic heterocycles. The van der Waals surface area contributed by atoms with Crippen molar-refractivity contribution in [2.75, 3.05) is 13.1 Å². The zero-order valence-electron chi connectivity index (χ0n) is 13.5. The topological polar surface area (TPSA) is 29.3 Å². The van der Waals surface area contributed by atoms with Gasteiger partial charge in [0.05, 0.1) is 5.66 Å². The molecule has 0 radical (unpaired) electrons. The van der Waals surface area contributed by atoms with E-state index in [2.05, 4.69) is 56.9 Å². The molecule has 0 amide bonds. The molecule has 2 rings (SSSR count). The van der Waals surface area contributed by atoms with Crippen LogP contribution in [0.4, 0.5) is 0 Å². The van der Waals surface area contributed by atoms with E-state index in [-0.39, 0.29) is 5.66 Å². The summed E-state index contributed by atoms with van der Waals surface area (Å²) in [6, 6.07) is 8.98. The van der Waals surface area contributed by atoms with Crippen molar-refractivity contribution in [3.05, 3.63) is 35.4 Å². The molecule has 1 heterocycles. The van der Waals surface area contributed by atoms with E-state index in [0.717, 1.165) is 25.4 Å². The Labute approximate surface area is 124 Å². The summed E-state index contributed by atoms with van der Waals surface area (Å²) < 4.78 is 0. The van der Waals surface area contributed by atoms with Gasteiger partial charge in [-0.25, -0.2) is 0 Å². The number of benzene rings is 1. The van der Waals surface area contributed by atoms with Crippen LogP contribution >= 0.6 is 0 Å². The van der Waals surface area contributed by atoms with Crippen LogP contribution in [0.2, 0.25) is 0 Å². The Balaban J connectivity index is 2.03. The fraction of sp³-hybridized carbons (Fsp3) is 0.667. The third-order valence-corrected chi connectivity index (χ3v) is 4.59. The molecule has 0 saturated carbocycles. The average molecular weight is 274 g/mol. The summed E-state index contributed by atoms with van der Waals surface area (Å²) in [4.78, 5) is 2.47. The molecular formula is C18H30N2. The average Bonchev–Trinajstić information content (AvgIpc) is 2.39. The molecule has 2 unspecified atom stereocenters. The Morgan fingerprint density at radius 2 is 1.95 bits per heavy atom. The second kappa shape index (κ2) is 6.28. The summed E-state index contributed by atoms with van der Waals surface area (Å²) in [5, 5.41) is 0. The smallest absolute Gasteiger partial charge is 0.0699 e. The van der Waals surface area contributed by atoms with E-state index in [1.807, 2.05) is 0 Å². The van der Waals surface area contributed by atoms with Gasteiger partial charge in [-0.05, 0) is 49.3 Å². The summed E-state index contributed by atoms with van der Waals surface area (Å²) in [7, 11) is 0. The Morgan fingerprint density at radius 3 is 2.50 bits per heavy atom. The summed E-state index contributed by atoms with van der Waals surface area (Å²) in [6.45, 7) is 11.3. The fourth-order valence-electron chi connectivity index (χ4n) is 3.20. The van der Waals surface area contributed by atoms with Gasteiger partial charge >= 0.3 is 0 Å². The lowest BCUT2D eigenvalue weighted by molar-refractivity contribution is 0.0627. The normalized spacial score (nSPS) is 23.8. The lowest BCUT2D eigenvalue weighted by Gasteiger charge is -2.43. The van der Waals surface area contributed by atoms with Crippen LogP contribution in [0.5, 0.6) is 0 Å². The molecule has 0 bridgehead atoms. The van der Waals surface area contributed by atoms with Gasteiger partial charge in [-0.2, -0.15) is 0 Å². The van der Waals surface area contributed by atoms with Crippen LogP contribution in [0, 0.1) is 5.92 Å². The van der Waals surface area contributed by atoms with Gasteiger partial charge in [0.15, 0.2) is 0 Å². The Hall–Kier alpha value is -0.860. The van der Waals surface area contributed by atoms with Gasteiger partial charge < -0.3 is 5.73 Å². The van der Waals surface area contributed by atoms with Crippen LogP contribution in [0.15, 0.2) is 24.3 Å². The maximum Gasteiger partial charge on any atom is 0.0699 e. The van der Waals surface area contributed by atoms with E-state index in [0.29, 0.717) is 5.92 Å². The van der Waals surface area contributed by atoms with Gasteiger partial charge in [-0.3, -0.25) is 4.90 Å². The number of hydrogen-bond acceptors (Lipinski definition) is 2. The van der Waals surface area contributed by atoms with Crippen LogP contribution in [-0.2, 0) is 6.42 Å². The number of nitrogens with two attached hydrogens (primary N) is 1. The van der Waals surface area contributed by atoms with Crippen molar-refractivity contribution in [1.82, 2.24) is 4.90 Å². The van der Waals surface area contributed by atoms with Gasteiger partial charge in [0.1, 0.15) is 0 Å². The number of piperidine rings is 1. The van der Waals surface area contributed by atoms with Crippen molar-refractivity contribution in [2.45, 2.75) is 58.5 Å². The number of hydrogen-bond donors (Lipinski definition) is 1. The zero-order valence-corrected chi connectivity index (χ0v) is 13.5. The highest BCUT2D eigenvalue weighted by atomic mass is 15.3. The number of rotatable bonds is 4. The molecule has 2 atom stereocenters. The van der Waals surface area contributed by atoms with Crippen LogP contribution < -0.4 is 5.73 Å². The third kappa shape index (κ3) is 3.83. The van der Waals surface area contributed by atoms with Crippen molar-refractivity contribution in [2.24, 2.45) is 11.7 Å². The highest BCUT2D eigenvalue weighted by Gasteiger charge is 2.30. The summed E-state index contributed by atoms with van der Waals surface area (Å²) >= 11 is 0. The maximum atomic E-state index is 6.61. The summed E-state index contributed by atoms with van der Waals surface area (Å²) in [6.07, 6.45) is 3.55. The van der Waals surface area contributed by atoms with Crippen LogP contribution in [0.1, 0.15) is 57.6 Å². The van der Waals surface area contributed by atoms with Gasteiger partial charge in [-0.1, -0.05) is 45.0 Å². The molecule has 1 fully saturated rings. The third-order valence-electron chi connectivity index (χ3n) is 4.59. The van der Waals surface area contributed by atoms with Gasteiger partial charge in [0, 0.05) is 13.0 Å². The van der Waals surface area contributed by atoms with Gasteiger partial charge in [0.25, 0.3) is 0 Å². The van der Waals surface area contributed by atoms with E-state index in [1.54, 1.807) is 0 Å². The van der Waals surface area contributed by atoms with Crippen LogP contribution in [0.25, 0.3) is 0 Å². The van der Waals surface area contributed by atoms with E-state index < -0.39 is 0 Å². The van der Waals surface area contributed by atoms with Crippen molar-refractivity contribution in [1.29, 1.82) is 0 Å². The Bertz CT molecular complexity index is 420. The highest BCUT2D eigenvalue weighted by Crippen LogP contribution is 2.24. The quantitative estimate of drug-likeness (QED) is 0.906. The molecule has 2 nitrogen and oxygen atoms in total. The number of likely N-dealkylation sites (tertiary alicyclic amines) is 1. The van der Waals surface area contributed by atoms with Crippen molar-refractivity contribution >= 4 is 0 Å². The first-order valence-electron chi connectivity index (χ1n) is 8.01. The fourth-order valence-corrected chi connectivity index (χ4v) is 3.20. The lowest BCUT2D eigenvalue weighted by atomic mass is 9.93. The largest absolute Gasteiger partial charge is 0.313 e. The van der Waals surface area contributed by atoms with Gasteiger partial charge in [0.2, 0.25) is 0 Å². The predicted molar refractivity (Wildman–Crippen MR) is 86.8 cm³/mol. The second-order valence-electron chi connectivity index (χ2n) is 7.12. The molecule has 0 spiro atoms. The monoisotopic (exact) mass is 274 g/mol. The molecule has 1 aliphatic rings. The van der Waals surface area contributed by atoms with E-state index in [9.17, 15) is 0 Å². The molecule has 1 aromatic rings. The minimum atomic E-state index is -0.228. The molecular weight excluding hydrogens is 244 g/mol. The highest BCUT2D eigenvalue weighted by molar-refractivity contribution is 5.25. The van der Waals surface area contributed by atoms with Crippen LogP contribution in [0.3, 0.4) is 0 Å².